The summed E-state index contributed by atoms with van der Waals surface area (Å²) in [6.07, 6.45) is 5.59. The molecule has 0 aliphatic carbocycles. The molecule has 0 saturated carbocycles. The lowest BCUT2D eigenvalue weighted by atomic mass is 10.2. The van der Waals surface area contributed by atoms with Crippen molar-refractivity contribution in [1.29, 1.82) is 0 Å². The highest BCUT2D eigenvalue weighted by molar-refractivity contribution is 7.12. The van der Waals surface area contributed by atoms with Crippen LogP contribution in [-0.2, 0) is 12.8 Å². The molecule has 1 heterocycles. The molecule has 0 aliphatic heterocycles. The summed E-state index contributed by atoms with van der Waals surface area (Å²) in [4.78, 5) is 5.65. The fourth-order valence-electron chi connectivity index (χ4n) is 1.01. The fourth-order valence-corrected chi connectivity index (χ4v) is 1.89. The Morgan fingerprint density at radius 1 is 1.50 bits per heavy atom. The second kappa shape index (κ2) is 4.21. The van der Waals surface area contributed by atoms with E-state index in [2.05, 4.69) is 25.1 Å². The van der Waals surface area contributed by atoms with E-state index in [9.17, 15) is 0 Å². The van der Waals surface area contributed by atoms with Crippen LogP contribution in [-0.4, -0.2) is 4.98 Å². The molecule has 64 valence electrons. The number of thiazole rings is 1. The number of hydrogen-bond acceptors (Lipinski definition) is 2. The molecule has 0 unspecified atom stereocenters. The van der Waals surface area contributed by atoms with Gasteiger partial charge in [0.05, 0.1) is 15.6 Å². The van der Waals surface area contributed by atoms with E-state index in [1.807, 2.05) is 12.2 Å². The van der Waals surface area contributed by atoms with Gasteiger partial charge in [0, 0.05) is 6.42 Å². The Hall–Kier alpha value is -0.890. The molecule has 1 aromatic heterocycles. The van der Waals surface area contributed by atoms with Crippen molar-refractivity contribution in [2.75, 3.05) is 0 Å². The minimum atomic E-state index is 0.845. The van der Waals surface area contributed by atoms with Gasteiger partial charge in [-0.25, -0.2) is 4.98 Å². The van der Waals surface area contributed by atoms with Crippen LogP contribution in [0.4, 0.5) is 0 Å². The Morgan fingerprint density at radius 3 is 2.75 bits per heavy atom. The molecule has 0 N–H and O–H groups in total. The third-order valence-electron chi connectivity index (χ3n) is 1.60. The van der Waals surface area contributed by atoms with Gasteiger partial charge < -0.3 is 0 Å². The number of aryl methyl sites for hydroxylation is 1. The van der Waals surface area contributed by atoms with Gasteiger partial charge in [0.2, 0.25) is 0 Å². The lowest BCUT2D eigenvalue weighted by Gasteiger charge is -1.89. The van der Waals surface area contributed by atoms with Crippen LogP contribution in [0.25, 0.3) is 6.08 Å². The Bertz CT molecular complexity index is 286. The van der Waals surface area contributed by atoms with Crippen molar-refractivity contribution in [2.45, 2.75) is 19.8 Å². The third kappa shape index (κ3) is 1.83. The monoisotopic (exact) mass is 179 g/mol. The van der Waals surface area contributed by atoms with Gasteiger partial charge in [-0.2, -0.15) is 0 Å². The highest BCUT2D eigenvalue weighted by atomic mass is 32.1. The van der Waals surface area contributed by atoms with E-state index in [0.717, 1.165) is 18.5 Å². The first-order valence-corrected chi connectivity index (χ1v) is 4.85. The SMILES string of the molecule is C=CCc1nc(CC)sc1C=C. The Kier molecular flexibility index (Phi) is 3.23. The molecule has 0 saturated heterocycles. The van der Waals surface area contributed by atoms with Gasteiger partial charge in [-0.15, -0.1) is 17.9 Å². The van der Waals surface area contributed by atoms with Crippen LogP contribution in [0.5, 0.6) is 0 Å². The van der Waals surface area contributed by atoms with Crippen molar-refractivity contribution in [2.24, 2.45) is 0 Å². The van der Waals surface area contributed by atoms with Crippen molar-refractivity contribution in [1.82, 2.24) is 4.98 Å². The molecule has 0 aromatic carbocycles. The molecule has 0 spiro atoms. The van der Waals surface area contributed by atoms with Gasteiger partial charge >= 0.3 is 0 Å². The molecule has 0 bridgehead atoms. The van der Waals surface area contributed by atoms with Gasteiger partial charge in [-0.3, -0.25) is 0 Å². The molecule has 1 rings (SSSR count). The van der Waals surface area contributed by atoms with Crippen molar-refractivity contribution in [3.63, 3.8) is 0 Å². The maximum absolute atomic E-state index is 4.47. The summed E-state index contributed by atoms with van der Waals surface area (Å²) in [6, 6.07) is 0. The van der Waals surface area contributed by atoms with Gasteiger partial charge in [-0.05, 0) is 6.42 Å². The van der Waals surface area contributed by atoms with Crippen LogP contribution in [0.15, 0.2) is 19.2 Å². The minimum Gasteiger partial charge on any atom is -0.245 e. The molecule has 0 amide bonds. The molecule has 0 aliphatic rings. The topological polar surface area (TPSA) is 12.9 Å². The molecule has 1 aromatic rings. The quantitative estimate of drug-likeness (QED) is 0.647. The van der Waals surface area contributed by atoms with Crippen LogP contribution < -0.4 is 0 Å². The van der Waals surface area contributed by atoms with Crippen LogP contribution in [0.2, 0.25) is 0 Å². The average molecular weight is 179 g/mol. The molecule has 2 heteroatoms. The predicted octanol–water partition coefficient (Wildman–Crippen LogP) is 3.08. The lowest BCUT2D eigenvalue weighted by molar-refractivity contribution is 1.04. The standard InChI is InChI=1S/C10H13NS/c1-4-7-8-9(5-2)12-10(6-3)11-8/h4-5H,1-2,6-7H2,3H3. The zero-order valence-corrected chi connectivity index (χ0v) is 8.16. The fraction of sp³-hybridized carbons (Fsp3) is 0.300. The average Bonchev–Trinajstić information content (AvgIpc) is 2.48. The third-order valence-corrected chi connectivity index (χ3v) is 2.84. The smallest absolute Gasteiger partial charge is 0.0931 e. The first-order chi connectivity index (χ1) is 5.81. The number of rotatable bonds is 4. The summed E-state index contributed by atoms with van der Waals surface area (Å²) < 4.78 is 0. The molecule has 0 radical (unpaired) electrons. The maximum atomic E-state index is 4.47. The van der Waals surface area contributed by atoms with E-state index < -0.39 is 0 Å². The number of allylic oxidation sites excluding steroid dienone is 1. The Labute approximate surface area is 77.5 Å². The van der Waals surface area contributed by atoms with Crippen molar-refractivity contribution in [3.05, 3.63) is 34.8 Å². The van der Waals surface area contributed by atoms with Crippen LogP contribution in [0.3, 0.4) is 0 Å². The van der Waals surface area contributed by atoms with Gasteiger partial charge in [0.25, 0.3) is 0 Å². The summed E-state index contributed by atoms with van der Waals surface area (Å²) in [5.41, 5.74) is 1.11. The number of nitrogens with zero attached hydrogens (tertiary/aromatic N) is 1. The van der Waals surface area contributed by atoms with E-state index in [1.165, 1.54) is 9.88 Å². The second-order valence-electron chi connectivity index (χ2n) is 2.47. The van der Waals surface area contributed by atoms with Crippen molar-refractivity contribution in [3.8, 4) is 0 Å². The second-order valence-corrected chi connectivity index (χ2v) is 3.58. The Morgan fingerprint density at radius 2 is 2.25 bits per heavy atom. The summed E-state index contributed by atoms with van der Waals surface area (Å²) in [6.45, 7) is 9.57. The van der Waals surface area contributed by atoms with E-state index in [0.29, 0.717) is 0 Å². The molecule has 0 atom stereocenters. The van der Waals surface area contributed by atoms with Crippen molar-refractivity contribution < 1.29 is 0 Å². The lowest BCUT2D eigenvalue weighted by Crippen LogP contribution is -1.84. The van der Waals surface area contributed by atoms with E-state index in [4.69, 9.17) is 0 Å². The molecule has 1 nitrogen and oxygen atoms in total. The summed E-state index contributed by atoms with van der Waals surface area (Å²) in [5, 5.41) is 1.18. The largest absolute Gasteiger partial charge is 0.245 e. The first-order valence-electron chi connectivity index (χ1n) is 4.03. The van der Waals surface area contributed by atoms with E-state index >= 15 is 0 Å². The first kappa shape index (κ1) is 9.20. The maximum Gasteiger partial charge on any atom is 0.0931 e. The van der Waals surface area contributed by atoms with Crippen LogP contribution in [0.1, 0.15) is 22.5 Å². The highest BCUT2D eigenvalue weighted by Gasteiger charge is 2.04. The van der Waals surface area contributed by atoms with Crippen molar-refractivity contribution >= 4 is 17.4 Å². The summed E-state index contributed by atoms with van der Waals surface area (Å²) in [7, 11) is 0. The number of hydrogen-bond donors (Lipinski definition) is 0. The summed E-state index contributed by atoms with van der Waals surface area (Å²) in [5.74, 6) is 0. The normalized spacial score (nSPS) is 9.75. The van der Waals surface area contributed by atoms with Gasteiger partial charge in [0.15, 0.2) is 0 Å². The predicted molar refractivity (Wildman–Crippen MR) is 55.5 cm³/mol. The van der Waals surface area contributed by atoms with Gasteiger partial charge in [0.1, 0.15) is 0 Å². The minimum absolute atomic E-state index is 0.845. The zero-order chi connectivity index (χ0) is 8.97. The molecule has 0 fully saturated rings. The number of aromatic nitrogens is 1. The Balaban J connectivity index is 2.98. The van der Waals surface area contributed by atoms with E-state index in [-0.39, 0.29) is 0 Å². The highest BCUT2D eigenvalue weighted by Crippen LogP contribution is 2.20. The van der Waals surface area contributed by atoms with E-state index in [1.54, 1.807) is 11.3 Å². The van der Waals surface area contributed by atoms with Gasteiger partial charge in [-0.1, -0.05) is 25.7 Å². The zero-order valence-electron chi connectivity index (χ0n) is 7.34. The molecular weight excluding hydrogens is 166 g/mol. The summed E-state index contributed by atoms with van der Waals surface area (Å²) >= 11 is 1.72. The molecular formula is C10H13NS. The van der Waals surface area contributed by atoms with Crippen LogP contribution in [0, 0.1) is 0 Å². The molecule has 12 heavy (non-hydrogen) atoms. The van der Waals surface area contributed by atoms with Crippen LogP contribution >= 0.6 is 11.3 Å².